The number of nitrogens with one attached hydrogen (secondary N) is 1. The standard InChI is InChI=1S/C14H21N3O2S/c1-17-8-7-15-13(17)20-11-3-2-6-14(9-11,12(18)19)16-10-4-5-10/h7-8,10-11,16H,2-6,9H2,1H3,(H,18,19). The van der Waals surface area contributed by atoms with Crippen molar-refractivity contribution in [1.82, 2.24) is 14.9 Å². The Morgan fingerprint density at radius 3 is 2.95 bits per heavy atom. The van der Waals surface area contributed by atoms with Crippen LogP contribution in [0.2, 0.25) is 0 Å². The van der Waals surface area contributed by atoms with E-state index in [1.165, 1.54) is 0 Å². The Kier molecular flexibility index (Phi) is 3.77. The zero-order valence-electron chi connectivity index (χ0n) is 11.7. The number of hydrogen-bond acceptors (Lipinski definition) is 4. The molecule has 0 saturated heterocycles. The monoisotopic (exact) mass is 295 g/mol. The van der Waals surface area contributed by atoms with Gasteiger partial charge in [0.25, 0.3) is 0 Å². The molecule has 0 aromatic carbocycles. The van der Waals surface area contributed by atoms with Crippen LogP contribution in [-0.4, -0.2) is 37.5 Å². The number of aryl methyl sites for hydroxylation is 1. The van der Waals surface area contributed by atoms with Crippen molar-refractivity contribution >= 4 is 17.7 Å². The lowest BCUT2D eigenvalue weighted by Gasteiger charge is -2.38. The molecule has 0 bridgehead atoms. The summed E-state index contributed by atoms with van der Waals surface area (Å²) in [7, 11) is 1.98. The maximum Gasteiger partial charge on any atom is 0.323 e. The van der Waals surface area contributed by atoms with Crippen LogP contribution in [0.15, 0.2) is 17.6 Å². The van der Waals surface area contributed by atoms with Crippen LogP contribution in [0, 0.1) is 0 Å². The van der Waals surface area contributed by atoms with Crippen LogP contribution in [-0.2, 0) is 11.8 Å². The van der Waals surface area contributed by atoms with Crippen LogP contribution in [0.1, 0.15) is 38.5 Å². The van der Waals surface area contributed by atoms with E-state index in [9.17, 15) is 9.90 Å². The number of aliphatic carboxylic acids is 1. The molecule has 2 unspecified atom stereocenters. The first-order valence-corrected chi connectivity index (χ1v) is 8.12. The van der Waals surface area contributed by atoms with Crippen molar-refractivity contribution in [3.05, 3.63) is 12.4 Å². The zero-order chi connectivity index (χ0) is 14.2. The van der Waals surface area contributed by atoms with E-state index in [1.807, 2.05) is 17.8 Å². The first kappa shape index (κ1) is 13.9. The Bertz CT molecular complexity index is 500. The second kappa shape index (κ2) is 5.41. The minimum atomic E-state index is -0.720. The molecule has 20 heavy (non-hydrogen) atoms. The van der Waals surface area contributed by atoms with E-state index < -0.39 is 11.5 Å². The van der Waals surface area contributed by atoms with Gasteiger partial charge in [0, 0.05) is 30.7 Å². The number of carboxylic acids is 1. The van der Waals surface area contributed by atoms with Gasteiger partial charge in [-0.1, -0.05) is 11.8 Å². The second-order valence-corrected chi connectivity index (χ2v) is 7.23. The highest BCUT2D eigenvalue weighted by atomic mass is 32.2. The molecule has 0 radical (unpaired) electrons. The number of carbonyl (C=O) groups is 1. The summed E-state index contributed by atoms with van der Waals surface area (Å²) in [5, 5.41) is 14.4. The molecule has 2 saturated carbocycles. The first-order chi connectivity index (χ1) is 9.59. The van der Waals surface area contributed by atoms with Gasteiger partial charge < -0.3 is 9.67 Å². The van der Waals surface area contributed by atoms with Crippen molar-refractivity contribution in [2.75, 3.05) is 0 Å². The van der Waals surface area contributed by atoms with Gasteiger partial charge in [0.2, 0.25) is 0 Å². The van der Waals surface area contributed by atoms with Gasteiger partial charge in [0.05, 0.1) is 0 Å². The first-order valence-electron chi connectivity index (χ1n) is 7.24. The molecular weight excluding hydrogens is 274 g/mol. The predicted molar refractivity (Wildman–Crippen MR) is 77.8 cm³/mol. The normalized spacial score (nSPS) is 30.4. The lowest BCUT2D eigenvalue weighted by Crippen LogP contribution is -2.56. The summed E-state index contributed by atoms with van der Waals surface area (Å²) < 4.78 is 2.00. The summed E-state index contributed by atoms with van der Waals surface area (Å²) in [4.78, 5) is 16.1. The average Bonchev–Trinajstić information content (AvgIpc) is 3.13. The summed E-state index contributed by atoms with van der Waals surface area (Å²) in [5.41, 5.74) is -0.720. The van der Waals surface area contributed by atoms with E-state index in [2.05, 4.69) is 10.3 Å². The van der Waals surface area contributed by atoms with Crippen molar-refractivity contribution in [1.29, 1.82) is 0 Å². The van der Waals surface area contributed by atoms with Gasteiger partial charge in [-0.25, -0.2) is 4.98 Å². The van der Waals surface area contributed by atoms with Crippen LogP contribution in [0.3, 0.4) is 0 Å². The second-order valence-electron chi connectivity index (χ2n) is 5.96. The highest BCUT2D eigenvalue weighted by molar-refractivity contribution is 7.99. The molecule has 1 aromatic rings. The van der Waals surface area contributed by atoms with E-state index in [-0.39, 0.29) is 0 Å². The summed E-state index contributed by atoms with van der Waals surface area (Å²) >= 11 is 1.71. The van der Waals surface area contributed by atoms with Crippen LogP contribution < -0.4 is 5.32 Å². The number of imidazole rings is 1. The summed E-state index contributed by atoms with van der Waals surface area (Å²) in [6.07, 6.45) is 9.42. The van der Waals surface area contributed by atoms with Crippen LogP contribution >= 0.6 is 11.8 Å². The minimum absolute atomic E-state index is 0.326. The van der Waals surface area contributed by atoms with E-state index in [0.717, 1.165) is 37.3 Å². The van der Waals surface area contributed by atoms with E-state index in [4.69, 9.17) is 0 Å². The van der Waals surface area contributed by atoms with Gasteiger partial charge >= 0.3 is 5.97 Å². The molecule has 1 heterocycles. The van der Waals surface area contributed by atoms with Crippen LogP contribution in [0.25, 0.3) is 0 Å². The molecule has 0 amide bonds. The van der Waals surface area contributed by atoms with E-state index in [1.54, 1.807) is 18.0 Å². The third-order valence-electron chi connectivity index (χ3n) is 4.22. The van der Waals surface area contributed by atoms with Gasteiger partial charge in [-0.2, -0.15) is 0 Å². The number of hydrogen-bond donors (Lipinski definition) is 2. The molecule has 2 atom stereocenters. The fourth-order valence-corrected chi connectivity index (χ4v) is 4.24. The van der Waals surface area contributed by atoms with Crippen LogP contribution in [0.5, 0.6) is 0 Å². The molecular formula is C14H21N3O2S. The van der Waals surface area contributed by atoms with Gasteiger partial charge in [-0.3, -0.25) is 10.1 Å². The lowest BCUT2D eigenvalue weighted by molar-refractivity contribution is -0.146. The zero-order valence-corrected chi connectivity index (χ0v) is 12.5. The molecule has 5 nitrogen and oxygen atoms in total. The third kappa shape index (κ3) is 2.86. The molecule has 2 fully saturated rings. The fraction of sp³-hybridized carbons (Fsp3) is 0.714. The maximum absolute atomic E-state index is 11.8. The molecule has 0 spiro atoms. The number of carboxylic acid groups (broad SMARTS) is 1. The van der Waals surface area contributed by atoms with Crippen molar-refractivity contribution in [3.8, 4) is 0 Å². The minimum Gasteiger partial charge on any atom is -0.480 e. The Morgan fingerprint density at radius 2 is 2.35 bits per heavy atom. The number of nitrogens with zero attached hydrogens (tertiary/aromatic N) is 2. The summed E-state index contributed by atoms with van der Waals surface area (Å²) in [6, 6.07) is 0.419. The molecule has 2 aliphatic carbocycles. The molecule has 2 aliphatic rings. The highest BCUT2D eigenvalue weighted by Crippen LogP contribution is 2.39. The quantitative estimate of drug-likeness (QED) is 0.870. The fourth-order valence-electron chi connectivity index (χ4n) is 2.94. The highest BCUT2D eigenvalue weighted by Gasteiger charge is 2.46. The number of rotatable bonds is 5. The Hall–Kier alpha value is -1.01. The topological polar surface area (TPSA) is 67.2 Å². The van der Waals surface area contributed by atoms with Gasteiger partial charge in [0.1, 0.15) is 5.54 Å². The Morgan fingerprint density at radius 1 is 1.55 bits per heavy atom. The van der Waals surface area contributed by atoms with Gasteiger partial charge in [-0.15, -0.1) is 0 Å². The van der Waals surface area contributed by atoms with Crippen molar-refractivity contribution < 1.29 is 9.90 Å². The van der Waals surface area contributed by atoms with Crippen LogP contribution in [0.4, 0.5) is 0 Å². The molecule has 2 N–H and O–H groups in total. The number of thioether (sulfide) groups is 1. The number of aromatic nitrogens is 2. The molecule has 0 aliphatic heterocycles. The largest absolute Gasteiger partial charge is 0.480 e. The third-order valence-corrected chi connectivity index (χ3v) is 5.56. The van der Waals surface area contributed by atoms with E-state index >= 15 is 0 Å². The predicted octanol–water partition coefficient (Wildman–Crippen LogP) is 2.03. The van der Waals surface area contributed by atoms with E-state index in [0.29, 0.717) is 17.7 Å². The summed E-state index contributed by atoms with van der Waals surface area (Å²) in [5.74, 6) is -0.686. The Labute approximate surface area is 123 Å². The SMILES string of the molecule is Cn1ccnc1SC1CCCC(NC2CC2)(C(=O)O)C1. The average molecular weight is 295 g/mol. The lowest BCUT2D eigenvalue weighted by atomic mass is 9.81. The maximum atomic E-state index is 11.8. The summed E-state index contributed by atoms with van der Waals surface area (Å²) in [6.45, 7) is 0. The van der Waals surface area contributed by atoms with Crippen molar-refractivity contribution in [3.63, 3.8) is 0 Å². The molecule has 6 heteroatoms. The van der Waals surface area contributed by atoms with Crippen molar-refractivity contribution in [2.24, 2.45) is 7.05 Å². The molecule has 1 aromatic heterocycles. The van der Waals surface area contributed by atoms with Crippen molar-refractivity contribution in [2.45, 2.75) is 60.5 Å². The molecule has 3 rings (SSSR count). The molecule has 110 valence electrons. The van der Waals surface area contributed by atoms with Gasteiger partial charge in [0.15, 0.2) is 5.16 Å². The smallest absolute Gasteiger partial charge is 0.323 e. The Balaban J connectivity index is 1.70. The van der Waals surface area contributed by atoms with Gasteiger partial charge in [-0.05, 0) is 38.5 Å².